The van der Waals surface area contributed by atoms with Gasteiger partial charge in [0, 0.05) is 24.0 Å². The molecule has 5 nitrogen and oxygen atoms in total. The first-order valence-corrected chi connectivity index (χ1v) is 6.47. The number of hydrogen-bond donors (Lipinski definition) is 1. The van der Waals surface area contributed by atoms with Crippen LogP contribution in [0.2, 0.25) is 0 Å². The van der Waals surface area contributed by atoms with Crippen LogP contribution < -0.4 is 5.73 Å². The van der Waals surface area contributed by atoms with E-state index in [0.717, 1.165) is 36.6 Å². The number of nitrogens with two attached hydrogens (primary N) is 1. The van der Waals surface area contributed by atoms with Gasteiger partial charge in [-0.3, -0.25) is 10.1 Å². The van der Waals surface area contributed by atoms with E-state index in [-0.39, 0.29) is 11.7 Å². The second-order valence-corrected chi connectivity index (χ2v) is 5.01. The summed E-state index contributed by atoms with van der Waals surface area (Å²) in [4.78, 5) is 10.2. The Morgan fingerprint density at radius 1 is 1.40 bits per heavy atom. The average Bonchev–Trinajstić information content (AvgIpc) is 2.83. The molecule has 0 radical (unpaired) electrons. The first kappa shape index (κ1) is 12.8. The molecule has 0 spiro atoms. The van der Waals surface area contributed by atoms with Crippen LogP contribution in [-0.4, -0.2) is 9.49 Å². The van der Waals surface area contributed by atoms with Crippen LogP contribution in [0.25, 0.3) is 5.69 Å². The molecule has 2 aromatic rings. The molecule has 20 heavy (non-hydrogen) atoms. The third-order valence-electron chi connectivity index (χ3n) is 3.71. The van der Waals surface area contributed by atoms with Gasteiger partial charge in [-0.25, -0.2) is 4.39 Å². The van der Waals surface area contributed by atoms with Gasteiger partial charge in [-0.05, 0) is 37.0 Å². The molecule has 0 fully saturated rings. The SMILES string of the molecule is NC1CCCc2c1ccn2-c1cc(F)cc([N+](=O)[O-])c1. The summed E-state index contributed by atoms with van der Waals surface area (Å²) in [7, 11) is 0. The second-order valence-electron chi connectivity index (χ2n) is 5.01. The third-order valence-corrected chi connectivity index (χ3v) is 3.71. The van der Waals surface area contributed by atoms with Crippen molar-refractivity contribution in [2.24, 2.45) is 5.73 Å². The topological polar surface area (TPSA) is 74.1 Å². The molecule has 1 aliphatic carbocycles. The number of aromatic nitrogens is 1. The monoisotopic (exact) mass is 275 g/mol. The molecule has 3 rings (SSSR count). The number of nitro groups is 1. The van der Waals surface area contributed by atoms with Crippen molar-refractivity contribution >= 4 is 5.69 Å². The molecule has 0 saturated heterocycles. The van der Waals surface area contributed by atoms with E-state index in [2.05, 4.69) is 0 Å². The molecular weight excluding hydrogens is 261 g/mol. The Labute approximate surface area is 115 Å². The fraction of sp³-hybridized carbons (Fsp3) is 0.286. The van der Waals surface area contributed by atoms with Gasteiger partial charge in [0.2, 0.25) is 0 Å². The van der Waals surface area contributed by atoms with Crippen LogP contribution in [0, 0.1) is 15.9 Å². The standard InChI is InChI=1S/C14H14FN3O2/c15-9-6-10(8-11(7-9)18(19)20)17-5-4-12-13(16)2-1-3-14(12)17/h4-8,13H,1-3,16H2. The van der Waals surface area contributed by atoms with Gasteiger partial charge < -0.3 is 10.3 Å². The van der Waals surface area contributed by atoms with Gasteiger partial charge in [0.05, 0.1) is 16.7 Å². The minimum atomic E-state index is -0.614. The van der Waals surface area contributed by atoms with E-state index >= 15 is 0 Å². The van der Waals surface area contributed by atoms with E-state index in [1.165, 1.54) is 12.1 Å². The summed E-state index contributed by atoms with van der Waals surface area (Å²) < 4.78 is 15.3. The molecule has 1 unspecified atom stereocenters. The van der Waals surface area contributed by atoms with E-state index in [1.54, 1.807) is 10.8 Å². The number of halogens is 1. The highest BCUT2D eigenvalue weighted by Gasteiger charge is 2.21. The lowest BCUT2D eigenvalue weighted by Crippen LogP contribution is -2.17. The van der Waals surface area contributed by atoms with Crippen molar-refractivity contribution < 1.29 is 9.31 Å². The maximum absolute atomic E-state index is 13.5. The van der Waals surface area contributed by atoms with E-state index in [4.69, 9.17) is 5.73 Å². The van der Waals surface area contributed by atoms with Gasteiger partial charge in [0.25, 0.3) is 5.69 Å². The molecule has 0 amide bonds. The minimum Gasteiger partial charge on any atom is -0.324 e. The Morgan fingerprint density at radius 3 is 2.95 bits per heavy atom. The molecule has 1 atom stereocenters. The fourth-order valence-corrected chi connectivity index (χ4v) is 2.77. The van der Waals surface area contributed by atoms with Crippen molar-refractivity contribution in [1.82, 2.24) is 4.57 Å². The van der Waals surface area contributed by atoms with Gasteiger partial charge in [-0.15, -0.1) is 0 Å². The molecule has 1 aromatic carbocycles. The Kier molecular flexibility index (Phi) is 3.02. The highest BCUT2D eigenvalue weighted by atomic mass is 19.1. The Balaban J connectivity index is 2.12. The van der Waals surface area contributed by atoms with Crippen LogP contribution in [0.3, 0.4) is 0 Å². The number of nitro benzene ring substituents is 1. The lowest BCUT2D eigenvalue weighted by atomic mass is 9.93. The summed E-state index contributed by atoms with van der Waals surface area (Å²) in [6.07, 6.45) is 4.55. The summed E-state index contributed by atoms with van der Waals surface area (Å²) in [5.74, 6) is -0.614. The van der Waals surface area contributed by atoms with Crippen molar-refractivity contribution in [3.63, 3.8) is 0 Å². The van der Waals surface area contributed by atoms with E-state index in [9.17, 15) is 14.5 Å². The van der Waals surface area contributed by atoms with Gasteiger partial charge in [0.1, 0.15) is 5.82 Å². The van der Waals surface area contributed by atoms with Crippen LogP contribution in [0.5, 0.6) is 0 Å². The summed E-state index contributed by atoms with van der Waals surface area (Å²) in [5, 5.41) is 10.8. The molecule has 1 aromatic heterocycles. The second kappa shape index (κ2) is 4.72. The molecule has 6 heteroatoms. The highest BCUT2D eigenvalue weighted by molar-refractivity contribution is 5.47. The zero-order valence-corrected chi connectivity index (χ0v) is 10.8. The summed E-state index contributed by atoms with van der Waals surface area (Å²) in [6, 6.07) is 5.50. The van der Waals surface area contributed by atoms with Crippen molar-refractivity contribution in [3.05, 3.63) is 57.7 Å². The van der Waals surface area contributed by atoms with Gasteiger partial charge in [0.15, 0.2) is 0 Å². The molecule has 1 heterocycles. The number of non-ortho nitro benzene ring substituents is 1. The van der Waals surface area contributed by atoms with E-state index in [1.807, 2.05) is 6.07 Å². The number of nitrogens with zero attached hydrogens (tertiary/aromatic N) is 2. The predicted octanol–water partition coefficient (Wildman–Crippen LogP) is 2.86. The zero-order valence-electron chi connectivity index (χ0n) is 10.8. The van der Waals surface area contributed by atoms with Gasteiger partial charge in [-0.1, -0.05) is 0 Å². The maximum Gasteiger partial charge on any atom is 0.274 e. The van der Waals surface area contributed by atoms with Crippen LogP contribution in [0.1, 0.15) is 30.1 Å². The number of fused-ring (bicyclic) bond motifs is 1. The molecule has 0 bridgehead atoms. The number of hydrogen-bond acceptors (Lipinski definition) is 3. The Morgan fingerprint density at radius 2 is 2.20 bits per heavy atom. The predicted molar refractivity (Wildman–Crippen MR) is 72.2 cm³/mol. The first-order valence-electron chi connectivity index (χ1n) is 6.47. The summed E-state index contributed by atoms with van der Waals surface area (Å²) in [5.41, 5.74) is 8.33. The lowest BCUT2D eigenvalue weighted by Gasteiger charge is -2.21. The fourth-order valence-electron chi connectivity index (χ4n) is 2.77. The zero-order chi connectivity index (χ0) is 14.3. The molecule has 2 N–H and O–H groups in total. The summed E-state index contributed by atoms with van der Waals surface area (Å²) in [6.45, 7) is 0. The quantitative estimate of drug-likeness (QED) is 0.676. The molecular formula is C14H14FN3O2. The van der Waals surface area contributed by atoms with E-state index < -0.39 is 10.7 Å². The average molecular weight is 275 g/mol. The summed E-state index contributed by atoms with van der Waals surface area (Å²) >= 11 is 0. The highest BCUT2D eigenvalue weighted by Crippen LogP contribution is 2.31. The number of rotatable bonds is 2. The minimum absolute atomic E-state index is 0.0106. The smallest absolute Gasteiger partial charge is 0.274 e. The molecule has 0 saturated carbocycles. The van der Waals surface area contributed by atoms with Crippen molar-refractivity contribution in [2.45, 2.75) is 25.3 Å². The Bertz CT molecular complexity index is 681. The van der Waals surface area contributed by atoms with Crippen molar-refractivity contribution in [3.8, 4) is 5.69 Å². The van der Waals surface area contributed by atoms with Gasteiger partial charge >= 0.3 is 0 Å². The number of benzene rings is 1. The lowest BCUT2D eigenvalue weighted by molar-refractivity contribution is -0.385. The molecule has 0 aliphatic heterocycles. The maximum atomic E-state index is 13.5. The normalized spacial score (nSPS) is 17.8. The van der Waals surface area contributed by atoms with Crippen molar-refractivity contribution in [2.75, 3.05) is 0 Å². The first-order chi connectivity index (χ1) is 9.56. The molecule has 104 valence electrons. The largest absolute Gasteiger partial charge is 0.324 e. The Hall–Kier alpha value is -2.21. The van der Waals surface area contributed by atoms with Crippen LogP contribution in [0.15, 0.2) is 30.5 Å². The van der Waals surface area contributed by atoms with Crippen LogP contribution >= 0.6 is 0 Å². The molecule has 1 aliphatic rings. The van der Waals surface area contributed by atoms with Crippen molar-refractivity contribution in [1.29, 1.82) is 0 Å². The van der Waals surface area contributed by atoms with Gasteiger partial charge in [-0.2, -0.15) is 0 Å². The van der Waals surface area contributed by atoms with E-state index in [0.29, 0.717) is 5.69 Å². The van der Waals surface area contributed by atoms with Crippen LogP contribution in [0.4, 0.5) is 10.1 Å². The third kappa shape index (κ3) is 2.08. The van der Waals surface area contributed by atoms with Crippen LogP contribution in [-0.2, 0) is 6.42 Å².